The van der Waals surface area contributed by atoms with Gasteiger partial charge in [-0.05, 0) is 23.8 Å². The molecular weight excluding hydrogens is 352 g/mol. The van der Waals surface area contributed by atoms with Crippen molar-refractivity contribution in [3.8, 4) is 17.1 Å². The van der Waals surface area contributed by atoms with Crippen LogP contribution < -0.4 is 0 Å². The monoisotopic (exact) mass is 376 g/mol. The lowest BCUT2D eigenvalue weighted by Gasteiger charge is -2.26. The van der Waals surface area contributed by atoms with Gasteiger partial charge >= 0.3 is 0 Å². The minimum atomic E-state index is 0.209. The van der Waals surface area contributed by atoms with Gasteiger partial charge in [0.1, 0.15) is 5.75 Å². The topological polar surface area (TPSA) is 63.4 Å². The van der Waals surface area contributed by atoms with Crippen molar-refractivity contribution in [2.45, 2.75) is 6.54 Å². The molecule has 0 unspecified atom stereocenters. The maximum absolute atomic E-state index is 10.3. The van der Waals surface area contributed by atoms with Crippen LogP contribution in [-0.4, -0.2) is 57.6 Å². The van der Waals surface area contributed by atoms with E-state index >= 15 is 0 Å². The number of morpholine rings is 1. The number of aromatic hydroxyl groups is 1. The Bertz CT molecular complexity index is 931. The molecule has 28 heavy (non-hydrogen) atoms. The third-order valence-electron chi connectivity index (χ3n) is 4.79. The Morgan fingerprint density at radius 3 is 2.46 bits per heavy atom. The third-order valence-corrected chi connectivity index (χ3v) is 4.79. The number of benzene rings is 2. The minimum Gasteiger partial charge on any atom is -0.507 e. The van der Waals surface area contributed by atoms with E-state index in [-0.39, 0.29) is 5.75 Å². The average molecular weight is 376 g/mol. The minimum absolute atomic E-state index is 0.209. The molecule has 0 radical (unpaired) electrons. The van der Waals surface area contributed by atoms with Crippen LogP contribution in [0.3, 0.4) is 0 Å². The van der Waals surface area contributed by atoms with Gasteiger partial charge in [0.25, 0.3) is 0 Å². The zero-order valence-electron chi connectivity index (χ0n) is 15.7. The van der Waals surface area contributed by atoms with Crippen LogP contribution in [0, 0.1) is 0 Å². The fourth-order valence-electron chi connectivity index (χ4n) is 3.24. The molecule has 2 aromatic carbocycles. The summed E-state index contributed by atoms with van der Waals surface area (Å²) in [6, 6.07) is 17.3. The lowest BCUT2D eigenvalue weighted by Crippen LogP contribution is -2.38. The highest BCUT2D eigenvalue weighted by molar-refractivity contribution is 5.69. The smallest absolute Gasteiger partial charge is 0.174 e. The zero-order chi connectivity index (χ0) is 19.2. The van der Waals surface area contributed by atoms with E-state index in [1.807, 2.05) is 65.4 Å². The summed E-state index contributed by atoms with van der Waals surface area (Å²) < 4.78 is 7.30. The van der Waals surface area contributed by atoms with E-state index in [4.69, 9.17) is 4.74 Å². The summed E-state index contributed by atoms with van der Waals surface area (Å²) in [7, 11) is 0. The van der Waals surface area contributed by atoms with Crippen molar-refractivity contribution in [1.29, 1.82) is 0 Å². The molecule has 1 aromatic heterocycles. The number of hydrogen-bond acceptors (Lipinski definition) is 5. The number of aromatic nitrogens is 3. The predicted octanol–water partition coefficient (Wildman–Crippen LogP) is 3.15. The summed E-state index contributed by atoms with van der Waals surface area (Å²) in [5, 5.41) is 15.0. The van der Waals surface area contributed by atoms with Crippen molar-refractivity contribution in [3.63, 3.8) is 0 Å². The average Bonchev–Trinajstić information content (AvgIpc) is 3.15. The van der Waals surface area contributed by atoms with Gasteiger partial charge in [-0.25, -0.2) is 9.67 Å². The van der Waals surface area contributed by atoms with E-state index in [1.165, 1.54) is 0 Å². The molecule has 6 heteroatoms. The van der Waals surface area contributed by atoms with Crippen LogP contribution in [0.5, 0.6) is 5.75 Å². The molecule has 144 valence electrons. The van der Waals surface area contributed by atoms with Crippen molar-refractivity contribution in [3.05, 3.63) is 66.0 Å². The second-order valence-electron chi connectivity index (χ2n) is 6.73. The second kappa shape index (κ2) is 8.82. The van der Waals surface area contributed by atoms with Crippen LogP contribution in [0.25, 0.3) is 23.5 Å². The summed E-state index contributed by atoms with van der Waals surface area (Å²) in [6.07, 6.45) is 3.90. The molecule has 3 aromatic rings. The normalized spacial score (nSPS) is 15.3. The van der Waals surface area contributed by atoms with E-state index < -0.39 is 0 Å². The van der Waals surface area contributed by atoms with Crippen LogP contribution in [0.4, 0.5) is 0 Å². The number of hydrogen-bond donors (Lipinski definition) is 1. The highest BCUT2D eigenvalue weighted by Gasteiger charge is 2.16. The number of ether oxygens (including phenoxy) is 1. The molecule has 4 rings (SSSR count). The zero-order valence-corrected chi connectivity index (χ0v) is 15.7. The van der Waals surface area contributed by atoms with Crippen LogP contribution >= 0.6 is 0 Å². The van der Waals surface area contributed by atoms with E-state index in [1.54, 1.807) is 6.07 Å². The summed E-state index contributed by atoms with van der Waals surface area (Å²) >= 11 is 0. The van der Waals surface area contributed by atoms with E-state index in [0.717, 1.165) is 38.4 Å². The molecule has 0 bridgehead atoms. The summed E-state index contributed by atoms with van der Waals surface area (Å²) in [4.78, 5) is 7.04. The highest BCUT2D eigenvalue weighted by atomic mass is 16.5. The van der Waals surface area contributed by atoms with Gasteiger partial charge in [0.05, 0.1) is 25.3 Å². The predicted molar refractivity (Wildman–Crippen MR) is 110 cm³/mol. The SMILES string of the molecule is Oc1ccccc1-c1nc(/C=C/c2ccccc2)nn1CCN1CCOCC1. The van der Waals surface area contributed by atoms with Crippen LogP contribution in [-0.2, 0) is 11.3 Å². The number of rotatable bonds is 6. The Labute approximate surface area is 164 Å². The molecule has 1 aliphatic heterocycles. The van der Waals surface area contributed by atoms with Gasteiger partial charge in [-0.2, -0.15) is 5.10 Å². The number of para-hydroxylation sites is 1. The number of phenolic OH excluding ortho intramolecular Hbond substituents is 1. The maximum atomic E-state index is 10.3. The molecule has 1 N–H and O–H groups in total. The fourth-order valence-corrected chi connectivity index (χ4v) is 3.24. The Balaban J connectivity index is 1.59. The lowest BCUT2D eigenvalue weighted by atomic mass is 10.2. The van der Waals surface area contributed by atoms with Gasteiger partial charge in [-0.1, -0.05) is 48.5 Å². The molecular formula is C22H24N4O2. The molecule has 0 spiro atoms. The number of phenols is 1. The van der Waals surface area contributed by atoms with Gasteiger partial charge in [0, 0.05) is 19.6 Å². The lowest BCUT2D eigenvalue weighted by molar-refractivity contribution is 0.0360. The van der Waals surface area contributed by atoms with Crippen molar-refractivity contribution < 1.29 is 9.84 Å². The Hall–Kier alpha value is -2.96. The summed E-state index contributed by atoms with van der Waals surface area (Å²) in [5.74, 6) is 1.52. The second-order valence-corrected chi connectivity index (χ2v) is 6.73. The van der Waals surface area contributed by atoms with Gasteiger partial charge in [-0.3, -0.25) is 4.90 Å². The van der Waals surface area contributed by atoms with E-state index in [2.05, 4.69) is 15.0 Å². The first-order chi connectivity index (χ1) is 13.8. The van der Waals surface area contributed by atoms with Gasteiger partial charge in [-0.15, -0.1) is 0 Å². The summed E-state index contributed by atoms with van der Waals surface area (Å²) in [5.41, 5.74) is 1.78. The highest BCUT2D eigenvalue weighted by Crippen LogP contribution is 2.27. The molecule has 0 amide bonds. The van der Waals surface area contributed by atoms with Crippen molar-refractivity contribution in [2.24, 2.45) is 0 Å². The van der Waals surface area contributed by atoms with Crippen LogP contribution in [0.15, 0.2) is 54.6 Å². The molecule has 2 heterocycles. The van der Waals surface area contributed by atoms with Crippen molar-refractivity contribution in [2.75, 3.05) is 32.8 Å². The largest absolute Gasteiger partial charge is 0.507 e. The maximum Gasteiger partial charge on any atom is 0.174 e. The van der Waals surface area contributed by atoms with Gasteiger partial charge in [0.2, 0.25) is 0 Å². The number of nitrogens with zero attached hydrogens (tertiary/aromatic N) is 4. The molecule has 1 aliphatic rings. The Morgan fingerprint density at radius 2 is 1.68 bits per heavy atom. The van der Waals surface area contributed by atoms with Crippen molar-refractivity contribution in [1.82, 2.24) is 19.7 Å². The third kappa shape index (κ3) is 4.47. The quantitative estimate of drug-likeness (QED) is 0.716. The Kier molecular flexibility index (Phi) is 5.80. The fraction of sp³-hybridized carbons (Fsp3) is 0.273. The standard InChI is InChI=1S/C22H24N4O2/c27-20-9-5-4-8-19(20)22-23-21(11-10-18-6-2-1-3-7-18)24-26(22)13-12-25-14-16-28-17-15-25/h1-11,27H,12-17H2/b11-10+. The van der Waals surface area contributed by atoms with E-state index in [9.17, 15) is 5.11 Å². The molecule has 6 nitrogen and oxygen atoms in total. The molecule has 1 saturated heterocycles. The first kappa shape index (κ1) is 18.4. The molecule has 0 atom stereocenters. The van der Waals surface area contributed by atoms with Crippen molar-refractivity contribution >= 4 is 12.2 Å². The van der Waals surface area contributed by atoms with Gasteiger partial charge in [0.15, 0.2) is 11.6 Å². The molecule has 0 saturated carbocycles. The van der Waals surface area contributed by atoms with E-state index in [0.29, 0.717) is 23.8 Å². The van der Waals surface area contributed by atoms with Crippen LogP contribution in [0.2, 0.25) is 0 Å². The molecule has 1 fully saturated rings. The summed E-state index contributed by atoms with van der Waals surface area (Å²) in [6.45, 7) is 4.98. The first-order valence-electron chi connectivity index (χ1n) is 9.56. The van der Waals surface area contributed by atoms with Crippen LogP contribution in [0.1, 0.15) is 11.4 Å². The Morgan fingerprint density at radius 1 is 0.929 bits per heavy atom. The first-order valence-corrected chi connectivity index (χ1v) is 9.56. The van der Waals surface area contributed by atoms with Gasteiger partial charge < -0.3 is 9.84 Å². The molecule has 0 aliphatic carbocycles.